The molecule has 2 rings (SSSR count). The normalized spacial score (nSPS) is 18.3. The number of ether oxygens (including phenoxy) is 2. The van der Waals surface area contributed by atoms with Gasteiger partial charge in [0.15, 0.2) is 5.78 Å². The lowest BCUT2D eigenvalue weighted by atomic mass is 9.99. The van der Waals surface area contributed by atoms with Gasteiger partial charge in [0.05, 0.1) is 6.04 Å². The molecule has 21 heavy (non-hydrogen) atoms. The molecule has 0 N–H and O–H groups in total. The highest BCUT2D eigenvalue weighted by Crippen LogP contribution is 2.19. The van der Waals surface area contributed by atoms with Crippen LogP contribution in [0.4, 0.5) is 4.79 Å². The number of carbonyl (C=O) groups excluding carboxylic acids is 2. The summed E-state index contributed by atoms with van der Waals surface area (Å²) in [6.45, 7) is 0.822. The van der Waals surface area contributed by atoms with Gasteiger partial charge in [-0.1, -0.05) is 30.3 Å². The average molecular weight is 291 g/mol. The van der Waals surface area contributed by atoms with Crippen LogP contribution in [0.1, 0.15) is 24.8 Å². The maximum atomic E-state index is 12.2. The summed E-state index contributed by atoms with van der Waals surface area (Å²) >= 11 is 0. The number of Topliss-reactive ketones (excluding diaryl/α,β-unsaturated/α-hetero) is 1. The molecule has 1 aliphatic heterocycles. The Kier molecular flexibility index (Phi) is 5.75. The van der Waals surface area contributed by atoms with Crippen LogP contribution < -0.4 is 0 Å². The molecular weight excluding hydrogens is 270 g/mol. The highest BCUT2D eigenvalue weighted by molar-refractivity contribution is 5.88. The molecule has 1 saturated heterocycles. The molecule has 0 bridgehead atoms. The molecule has 0 radical (unpaired) electrons. The van der Waals surface area contributed by atoms with Gasteiger partial charge in [-0.25, -0.2) is 4.79 Å². The van der Waals surface area contributed by atoms with E-state index in [0.717, 1.165) is 18.4 Å². The van der Waals surface area contributed by atoms with Crippen LogP contribution in [0.2, 0.25) is 0 Å². The zero-order valence-electron chi connectivity index (χ0n) is 12.3. The van der Waals surface area contributed by atoms with E-state index in [9.17, 15) is 9.59 Å². The van der Waals surface area contributed by atoms with Crippen molar-refractivity contribution in [3.63, 3.8) is 0 Å². The number of amides is 1. The van der Waals surface area contributed by atoms with Crippen LogP contribution in [0.3, 0.4) is 0 Å². The molecule has 0 aliphatic carbocycles. The molecule has 1 aromatic carbocycles. The van der Waals surface area contributed by atoms with Crippen LogP contribution in [-0.2, 0) is 20.9 Å². The van der Waals surface area contributed by atoms with Gasteiger partial charge in [-0.3, -0.25) is 9.69 Å². The van der Waals surface area contributed by atoms with Gasteiger partial charge in [0.25, 0.3) is 0 Å². The number of hydrogen-bond acceptors (Lipinski definition) is 4. The fourth-order valence-corrected chi connectivity index (χ4v) is 2.53. The van der Waals surface area contributed by atoms with Crippen LogP contribution in [-0.4, -0.2) is 43.1 Å². The van der Waals surface area contributed by atoms with Crippen molar-refractivity contribution in [1.29, 1.82) is 0 Å². The monoisotopic (exact) mass is 291 g/mol. The Bertz CT molecular complexity index is 474. The van der Waals surface area contributed by atoms with Crippen molar-refractivity contribution in [2.75, 3.05) is 20.3 Å². The predicted octanol–water partition coefficient (Wildman–Crippen LogP) is 2.39. The topological polar surface area (TPSA) is 55.8 Å². The molecule has 0 aromatic heterocycles. The largest absolute Gasteiger partial charge is 0.445 e. The Morgan fingerprint density at radius 2 is 2.00 bits per heavy atom. The predicted molar refractivity (Wildman–Crippen MR) is 77.9 cm³/mol. The van der Waals surface area contributed by atoms with E-state index in [1.54, 1.807) is 0 Å². The zero-order valence-corrected chi connectivity index (χ0v) is 12.3. The Labute approximate surface area is 124 Å². The summed E-state index contributed by atoms with van der Waals surface area (Å²) in [5, 5.41) is 0. The molecular formula is C16H21NO4. The van der Waals surface area contributed by atoms with Gasteiger partial charge in [0.1, 0.15) is 13.2 Å². The van der Waals surface area contributed by atoms with E-state index in [1.807, 2.05) is 30.3 Å². The molecule has 1 heterocycles. The van der Waals surface area contributed by atoms with E-state index in [4.69, 9.17) is 9.47 Å². The van der Waals surface area contributed by atoms with Gasteiger partial charge in [0.2, 0.25) is 0 Å². The molecule has 5 nitrogen and oxygen atoms in total. The van der Waals surface area contributed by atoms with Crippen LogP contribution >= 0.6 is 0 Å². The minimum absolute atomic E-state index is 0.0349. The van der Waals surface area contributed by atoms with Gasteiger partial charge < -0.3 is 9.47 Å². The number of benzene rings is 1. The summed E-state index contributed by atoms with van der Waals surface area (Å²) in [6.07, 6.45) is 2.11. The van der Waals surface area contributed by atoms with Gasteiger partial charge >= 0.3 is 6.09 Å². The maximum absolute atomic E-state index is 12.2. The van der Waals surface area contributed by atoms with Gasteiger partial charge in [-0.2, -0.15) is 0 Å². The number of carbonyl (C=O) groups is 2. The van der Waals surface area contributed by atoms with E-state index in [2.05, 4.69) is 0 Å². The maximum Gasteiger partial charge on any atom is 0.410 e. The highest BCUT2D eigenvalue weighted by atomic mass is 16.6. The molecule has 1 amide bonds. The number of ketones is 1. The fourth-order valence-electron chi connectivity index (χ4n) is 2.53. The summed E-state index contributed by atoms with van der Waals surface area (Å²) in [5.41, 5.74) is 0.933. The first-order valence-corrected chi connectivity index (χ1v) is 7.21. The number of hydrogen-bond donors (Lipinski definition) is 0. The lowest BCUT2D eigenvalue weighted by molar-refractivity contribution is -0.128. The number of methoxy groups -OCH3 is 1. The summed E-state index contributed by atoms with van der Waals surface area (Å²) < 4.78 is 10.2. The van der Waals surface area contributed by atoms with Crippen LogP contribution in [0.25, 0.3) is 0 Å². The molecule has 114 valence electrons. The van der Waals surface area contributed by atoms with Crippen molar-refractivity contribution < 1.29 is 19.1 Å². The molecule has 0 saturated carbocycles. The standard InChI is InChI=1S/C16H21NO4/c1-20-12-15(18)14-9-5-6-10-17(14)16(19)21-11-13-7-3-2-4-8-13/h2-4,7-8,14H,5-6,9-12H2,1H3. The molecule has 0 spiro atoms. The van der Waals surface area contributed by atoms with Crippen molar-refractivity contribution in [3.05, 3.63) is 35.9 Å². The minimum Gasteiger partial charge on any atom is -0.445 e. The Morgan fingerprint density at radius 1 is 1.24 bits per heavy atom. The third kappa shape index (κ3) is 4.29. The molecule has 5 heteroatoms. The first-order chi connectivity index (χ1) is 10.2. The third-order valence-corrected chi connectivity index (χ3v) is 3.60. The van der Waals surface area contributed by atoms with E-state index in [1.165, 1.54) is 12.0 Å². The van der Waals surface area contributed by atoms with Gasteiger partial charge in [-0.05, 0) is 24.8 Å². The molecule has 1 atom stereocenters. The lowest BCUT2D eigenvalue weighted by Gasteiger charge is -2.33. The Hall–Kier alpha value is -1.88. The van der Waals surface area contributed by atoms with Crippen molar-refractivity contribution in [1.82, 2.24) is 4.90 Å². The molecule has 1 aliphatic rings. The number of nitrogens with zero attached hydrogens (tertiary/aromatic N) is 1. The second-order valence-electron chi connectivity index (χ2n) is 5.14. The van der Waals surface area contributed by atoms with Crippen LogP contribution in [0, 0.1) is 0 Å². The van der Waals surface area contributed by atoms with E-state index in [-0.39, 0.29) is 19.0 Å². The summed E-state index contributed by atoms with van der Waals surface area (Å²) in [5.74, 6) is -0.0612. The summed E-state index contributed by atoms with van der Waals surface area (Å²) in [7, 11) is 1.48. The SMILES string of the molecule is COCC(=O)C1CCCCN1C(=O)OCc1ccccc1. The zero-order chi connectivity index (χ0) is 15.1. The smallest absolute Gasteiger partial charge is 0.410 e. The minimum atomic E-state index is -0.423. The Morgan fingerprint density at radius 3 is 2.71 bits per heavy atom. The van der Waals surface area contributed by atoms with Crippen molar-refractivity contribution in [3.8, 4) is 0 Å². The number of likely N-dealkylation sites (tertiary alicyclic amines) is 1. The van der Waals surface area contributed by atoms with Crippen LogP contribution in [0.15, 0.2) is 30.3 Å². The lowest BCUT2D eigenvalue weighted by Crippen LogP contribution is -2.49. The van der Waals surface area contributed by atoms with E-state index >= 15 is 0 Å². The molecule has 1 unspecified atom stereocenters. The number of piperidine rings is 1. The van der Waals surface area contributed by atoms with E-state index in [0.29, 0.717) is 13.0 Å². The van der Waals surface area contributed by atoms with Crippen molar-refractivity contribution in [2.45, 2.75) is 31.9 Å². The van der Waals surface area contributed by atoms with Crippen molar-refractivity contribution in [2.24, 2.45) is 0 Å². The Balaban J connectivity index is 1.93. The first kappa shape index (κ1) is 15.5. The first-order valence-electron chi connectivity index (χ1n) is 7.21. The average Bonchev–Trinajstić information content (AvgIpc) is 2.54. The second kappa shape index (κ2) is 7.78. The van der Waals surface area contributed by atoms with Gasteiger partial charge in [0, 0.05) is 13.7 Å². The van der Waals surface area contributed by atoms with E-state index < -0.39 is 12.1 Å². The third-order valence-electron chi connectivity index (χ3n) is 3.60. The summed E-state index contributed by atoms with van der Waals surface area (Å²) in [4.78, 5) is 25.7. The molecule has 1 fully saturated rings. The van der Waals surface area contributed by atoms with Crippen LogP contribution in [0.5, 0.6) is 0 Å². The summed E-state index contributed by atoms with van der Waals surface area (Å²) in [6, 6.07) is 9.09. The highest BCUT2D eigenvalue weighted by Gasteiger charge is 2.32. The quantitative estimate of drug-likeness (QED) is 0.836. The fraction of sp³-hybridized carbons (Fsp3) is 0.500. The second-order valence-corrected chi connectivity index (χ2v) is 5.14. The van der Waals surface area contributed by atoms with Gasteiger partial charge in [-0.15, -0.1) is 0 Å². The number of rotatable bonds is 5. The molecule has 1 aromatic rings. The van der Waals surface area contributed by atoms with Crippen molar-refractivity contribution >= 4 is 11.9 Å².